The number of anilines is 1. The summed E-state index contributed by atoms with van der Waals surface area (Å²) in [5, 5.41) is 1.08. The van der Waals surface area contributed by atoms with Crippen molar-refractivity contribution in [1.29, 1.82) is 0 Å². The van der Waals surface area contributed by atoms with Crippen molar-refractivity contribution in [3.8, 4) is 22.9 Å². The van der Waals surface area contributed by atoms with Gasteiger partial charge < -0.3 is 19.3 Å². The van der Waals surface area contributed by atoms with E-state index in [1.807, 2.05) is 24.3 Å². The molecule has 41 heavy (non-hydrogen) atoms. The number of benzene rings is 1. The van der Waals surface area contributed by atoms with Crippen molar-refractivity contribution in [2.75, 3.05) is 51.8 Å². The quantitative estimate of drug-likeness (QED) is 0.327. The lowest BCUT2D eigenvalue weighted by atomic mass is 9.93. The van der Waals surface area contributed by atoms with Gasteiger partial charge in [0.05, 0.1) is 25.2 Å². The van der Waals surface area contributed by atoms with Crippen LogP contribution in [0.25, 0.3) is 11.3 Å². The lowest BCUT2D eigenvalue weighted by molar-refractivity contribution is -0.142. The number of carbonyl (C=O) groups is 1. The summed E-state index contributed by atoms with van der Waals surface area (Å²) in [6.45, 7) is 5.62. The molecule has 0 N–H and O–H groups in total. The number of likely N-dealkylation sites (tertiary alicyclic amines) is 2. The average Bonchev–Trinajstić information content (AvgIpc) is 3.31. The third-order valence-electron chi connectivity index (χ3n) is 8.43. The summed E-state index contributed by atoms with van der Waals surface area (Å²) in [6, 6.07) is 10.00. The van der Waals surface area contributed by atoms with Gasteiger partial charge in [-0.05, 0) is 68.7 Å². The van der Waals surface area contributed by atoms with Gasteiger partial charge in [-0.1, -0.05) is 23.2 Å². The number of esters is 1. The van der Waals surface area contributed by atoms with Gasteiger partial charge in [0, 0.05) is 66.2 Å². The van der Waals surface area contributed by atoms with E-state index in [0.29, 0.717) is 46.0 Å². The Balaban J connectivity index is 1.19. The molecule has 5 heterocycles. The Labute approximate surface area is 250 Å². The van der Waals surface area contributed by atoms with Crippen LogP contribution >= 0.6 is 23.2 Å². The van der Waals surface area contributed by atoms with E-state index in [-0.39, 0.29) is 5.97 Å². The van der Waals surface area contributed by atoms with Crippen LogP contribution in [0.5, 0.6) is 11.6 Å². The largest absolute Gasteiger partial charge is 0.469 e. The fraction of sp³-hybridized carbons (Fsp3) is 0.467. The van der Waals surface area contributed by atoms with E-state index in [4.69, 9.17) is 37.7 Å². The lowest BCUT2D eigenvalue weighted by Crippen LogP contribution is -2.52. The molecule has 11 heteroatoms. The van der Waals surface area contributed by atoms with Crippen LogP contribution in [0.3, 0.4) is 0 Å². The summed E-state index contributed by atoms with van der Waals surface area (Å²) in [6.07, 6.45) is 5.82. The minimum atomic E-state index is -0.138. The summed E-state index contributed by atoms with van der Waals surface area (Å²) in [4.78, 5) is 32.7. The Hall–Kier alpha value is -2.98. The zero-order valence-corrected chi connectivity index (χ0v) is 24.8. The maximum absolute atomic E-state index is 11.7. The van der Waals surface area contributed by atoms with Crippen LogP contribution in [0.2, 0.25) is 10.0 Å². The summed E-state index contributed by atoms with van der Waals surface area (Å²) >= 11 is 12.6. The molecule has 3 fully saturated rings. The lowest BCUT2D eigenvalue weighted by Gasteiger charge is -2.40. The van der Waals surface area contributed by atoms with Crippen molar-refractivity contribution in [1.82, 2.24) is 24.8 Å². The molecule has 216 valence electrons. The second-order valence-corrected chi connectivity index (χ2v) is 12.2. The smallest absolute Gasteiger partial charge is 0.305 e. The number of methoxy groups -OCH3 is 1. The van der Waals surface area contributed by atoms with Crippen LogP contribution in [0.15, 0.2) is 42.7 Å². The van der Waals surface area contributed by atoms with Gasteiger partial charge >= 0.3 is 5.97 Å². The van der Waals surface area contributed by atoms with Gasteiger partial charge in [-0.3, -0.25) is 9.69 Å². The molecule has 0 radical (unpaired) electrons. The molecular formula is C30H34Cl2N6O3. The predicted molar refractivity (Wildman–Crippen MR) is 159 cm³/mol. The van der Waals surface area contributed by atoms with Crippen molar-refractivity contribution in [2.45, 2.75) is 31.8 Å². The molecule has 3 saturated heterocycles. The molecule has 3 aliphatic rings. The second-order valence-electron chi connectivity index (χ2n) is 11.3. The van der Waals surface area contributed by atoms with Crippen molar-refractivity contribution in [3.63, 3.8) is 0 Å². The number of carbonyl (C=O) groups excluding carboxylic acids is 1. The van der Waals surface area contributed by atoms with Crippen LogP contribution in [0.4, 0.5) is 5.95 Å². The van der Waals surface area contributed by atoms with Crippen LogP contribution in [-0.2, 0) is 16.1 Å². The molecule has 3 aliphatic heterocycles. The van der Waals surface area contributed by atoms with Gasteiger partial charge in [0.2, 0.25) is 11.8 Å². The number of hydrogen-bond donors (Lipinski definition) is 0. The summed E-state index contributed by atoms with van der Waals surface area (Å²) in [5.41, 5.74) is 2.59. The van der Waals surface area contributed by atoms with Gasteiger partial charge in [-0.2, -0.15) is 0 Å². The van der Waals surface area contributed by atoms with Gasteiger partial charge in [0.1, 0.15) is 0 Å². The molecule has 2 unspecified atom stereocenters. The van der Waals surface area contributed by atoms with Crippen molar-refractivity contribution in [2.24, 2.45) is 11.8 Å². The first-order valence-corrected chi connectivity index (χ1v) is 14.8. The number of halogens is 2. The topological polar surface area (TPSA) is 83.9 Å². The fourth-order valence-corrected chi connectivity index (χ4v) is 6.71. The Morgan fingerprint density at radius 1 is 1.00 bits per heavy atom. The van der Waals surface area contributed by atoms with Crippen LogP contribution in [-0.4, -0.2) is 83.6 Å². The predicted octanol–water partition coefficient (Wildman–Crippen LogP) is 5.16. The summed E-state index contributed by atoms with van der Waals surface area (Å²) < 4.78 is 11.0. The zero-order valence-electron chi connectivity index (χ0n) is 23.3. The number of nitrogens with zero attached hydrogens (tertiary/aromatic N) is 6. The van der Waals surface area contributed by atoms with Crippen LogP contribution in [0, 0.1) is 11.8 Å². The molecule has 2 aromatic heterocycles. The maximum atomic E-state index is 11.7. The minimum absolute atomic E-state index is 0.138. The molecule has 1 aromatic carbocycles. The summed E-state index contributed by atoms with van der Waals surface area (Å²) in [5.74, 6) is 2.62. The molecule has 6 rings (SSSR count). The second kappa shape index (κ2) is 12.1. The van der Waals surface area contributed by atoms with E-state index in [1.165, 1.54) is 7.11 Å². The molecule has 3 aromatic rings. The van der Waals surface area contributed by atoms with Crippen molar-refractivity contribution >= 4 is 35.1 Å². The van der Waals surface area contributed by atoms with Crippen LogP contribution in [0.1, 0.15) is 24.8 Å². The number of piperidine rings is 1. The third-order valence-corrected chi connectivity index (χ3v) is 8.87. The standard InChI is InChI=1S/C30H34Cl2N6O3/c1-36-16-22-17-38(18-27(22)36)30-33-13-25(14-34-30)41-28-8-20(7-26(35-28)21-10-23(31)12-24(32)11-21)15-37-5-3-19(4-6-37)9-29(39)40-2/h7-8,10-14,19,22,27H,3-6,9,15-18H2,1-2H3. The summed E-state index contributed by atoms with van der Waals surface area (Å²) in [7, 11) is 3.61. The zero-order chi connectivity index (χ0) is 28.5. The fourth-order valence-electron chi connectivity index (χ4n) is 6.19. The van der Waals surface area contributed by atoms with Gasteiger partial charge in [-0.15, -0.1) is 0 Å². The monoisotopic (exact) mass is 596 g/mol. The molecule has 0 spiro atoms. The molecule has 0 amide bonds. The van der Waals surface area contributed by atoms with E-state index in [1.54, 1.807) is 18.5 Å². The SMILES string of the molecule is COC(=O)CC1CCN(Cc2cc(Oc3cnc(N4CC5CN(C)C5C4)nc3)nc(-c3cc(Cl)cc(Cl)c3)c2)CC1. The van der Waals surface area contributed by atoms with E-state index in [2.05, 4.69) is 31.7 Å². The Morgan fingerprint density at radius 2 is 1.73 bits per heavy atom. The number of fused-ring (bicyclic) bond motifs is 1. The van der Waals surface area contributed by atoms with E-state index in [0.717, 1.165) is 74.9 Å². The highest BCUT2D eigenvalue weighted by atomic mass is 35.5. The first-order valence-electron chi connectivity index (χ1n) is 14.0. The molecule has 9 nitrogen and oxygen atoms in total. The Morgan fingerprint density at radius 3 is 2.39 bits per heavy atom. The highest BCUT2D eigenvalue weighted by Gasteiger charge is 2.44. The number of pyridine rings is 1. The number of likely N-dealkylation sites (N-methyl/N-ethyl adjacent to an activating group) is 1. The normalized spacial score (nSPS) is 21.4. The van der Waals surface area contributed by atoms with Crippen molar-refractivity contribution in [3.05, 3.63) is 58.3 Å². The molecule has 0 bridgehead atoms. The molecule has 0 saturated carbocycles. The minimum Gasteiger partial charge on any atom is -0.469 e. The first-order chi connectivity index (χ1) is 19.8. The van der Waals surface area contributed by atoms with E-state index >= 15 is 0 Å². The van der Waals surface area contributed by atoms with Gasteiger partial charge in [0.25, 0.3) is 0 Å². The molecule has 2 atom stereocenters. The maximum Gasteiger partial charge on any atom is 0.305 e. The Bertz CT molecular complexity index is 1380. The van der Waals surface area contributed by atoms with Crippen molar-refractivity contribution < 1.29 is 14.3 Å². The van der Waals surface area contributed by atoms with Gasteiger partial charge in [0.15, 0.2) is 5.75 Å². The van der Waals surface area contributed by atoms with Gasteiger partial charge in [-0.25, -0.2) is 15.0 Å². The number of rotatable bonds is 8. The first kappa shape index (κ1) is 28.2. The number of hydrogen-bond acceptors (Lipinski definition) is 9. The van der Waals surface area contributed by atoms with E-state index in [9.17, 15) is 4.79 Å². The van der Waals surface area contributed by atoms with E-state index < -0.39 is 0 Å². The van der Waals surface area contributed by atoms with Crippen LogP contribution < -0.4 is 9.64 Å². The number of aromatic nitrogens is 3. The Kier molecular flexibility index (Phi) is 8.30. The average molecular weight is 598 g/mol. The molecular weight excluding hydrogens is 563 g/mol. The molecule has 0 aliphatic carbocycles. The number of ether oxygens (including phenoxy) is 2. The third kappa shape index (κ3) is 6.59. The highest BCUT2D eigenvalue weighted by molar-refractivity contribution is 6.35. The highest BCUT2D eigenvalue weighted by Crippen LogP contribution is 2.34.